The van der Waals surface area contributed by atoms with Gasteiger partial charge in [-0.05, 0) is 76.1 Å². The fourth-order valence-corrected chi connectivity index (χ4v) is 8.34. The van der Waals surface area contributed by atoms with Crippen molar-refractivity contribution in [3.8, 4) is 39.7 Å². The van der Waals surface area contributed by atoms with Gasteiger partial charge in [0.25, 0.3) is 0 Å². The Morgan fingerprint density at radius 2 is 1.43 bits per heavy atom. The minimum absolute atomic E-state index is 0.0783. The van der Waals surface area contributed by atoms with Crippen molar-refractivity contribution in [2.24, 2.45) is 23.2 Å². The van der Waals surface area contributed by atoms with Gasteiger partial charge in [0.15, 0.2) is 0 Å². The molecule has 15 heteroatoms. The lowest BCUT2D eigenvalue weighted by molar-refractivity contribution is -0.136. The van der Waals surface area contributed by atoms with Gasteiger partial charge in [-0.25, -0.2) is 19.6 Å². The minimum atomic E-state index is -0.864. The van der Waals surface area contributed by atoms with Crippen LogP contribution < -0.4 is 10.6 Å². The number of ether oxygens (including phenoxy) is 2. The van der Waals surface area contributed by atoms with Crippen LogP contribution in [0.25, 0.3) is 44.4 Å². The first-order valence-corrected chi connectivity index (χ1v) is 21.3. The van der Waals surface area contributed by atoms with E-state index in [1.165, 1.54) is 25.2 Å². The zero-order valence-electron chi connectivity index (χ0n) is 36.6. The molecular formula is C48H55N9O6. The Bertz CT molecular complexity index is 2530. The number of benzene rings is 3. The Morgan fingerprint density at radius 1 is 0.857 bits per heavy atom. The number of hydrogen-bond donors (Lipinski definition) is 4. The lowest BCUT2D eigenvalue weighted by Crippen LogP contribution is -2.51. The fraction of sp³-hybridized carbons (Fsp3) is 0.396. The number of nitrogens with one attached hydrogen (secondary N) is 4. The topological polar surface area (TPSA) is 198 Å². The van der Waals surface area contributed by atoms with Crippen molar-refractivity contribution in [1.29, 1.82) is 5.26 Å². The maximum Gasteiger partial charge on any atom is 0.407 e. The van der Waals surface area contributed by atoms with Crippen LogP contribution in [0, 0.1) is 34.5 Å². The molecule has 0 radical (unpaired) electrons. The van der Waals surface area contributed by atoms with Crippen LogP contribution in [0.4, 0.5) is 9.59 Å². The van der Waals surface area contributed by atoms with E-state index in [4.69, 9.17) is 14.5 Å². The first-order valence-electron chi connectivity index (χ1n) is 21.3. The molecule has 0 unspecified atom stereocenters. The van der Waals surface area contributed by atoms with Crippen LogP contribution in [0.1, 0.15) is 64.6 Å². The number of aromatic nitrogens is 4. The molecule has 5 aromatic rings. The molecule has 63 heavy (non-hydrogen) atoms. The van der Waals surface area contributed by atoms with E-state index in [0.29, 0.717) is 12.4 Å². The summed E-state index contributed by atoms with van der Waals surface area (Å²) in [5.74, 6) is -0.182. The van der Waals surface area contributed by atoms with Gasteiger partial charge in [0.1, 0.15) is 23.7 Å². The highest BCUT2D eigenvalue weighted by Crippen LogP contribution is 2.58. The molecule has 3 aromatic carbocycles. The number of fused-ring (bicyclic) bond motifs is 1. The second-order valence-corrected chi connectivity index (χ2v) is 17.4. The number of carbonyl (C=O) groups excluding carboxylic acids is 4. The van der Waals surface area contributed by atoms with E-state index in [9.17, 15) is 24.4 Å². The third kappa shape index (κ3) is 9.75. The lowest BCUT2D eigenvalue weighted by Gasteiger charge is -2.30. The summed E-state index contributed by atoms with van der Waals surface area (Å²) in [7, 11) is 2.54. The monoisotopic (exact) mass is 853 g/mol. The molecule has 1 aliphatic heterocycles. The molecule has 3 heterocycles. The number of H-pyrrole nitrogens is 2. The Balaban J connectivity index is 1.04. The molecular weight excluding hydrogens is 799 g/mol. The van der Waals surface area contributed by atoms with E-state index in [2.05, 4.69) is 86.8 Å². The van der Waals surface area contributed by atoms with Crippen LogP contribution >= 0.6 is 0 Å². The van der Waals surface area contributed by atoms with Crippen LogP contribution in [-0.2, 0) is 25.6 Å². The van der Waals surface area contributed by atoms with E-state index in [-0.39, 0.29) is 48.2 Å². The van der Waals surface area contributed by atoms with Crippen molar-refractivity contribution in [2.45, 2.75) is 71.6 Å². The van der Waals surface area contributed by atoms with Crippen molar-refractivity contribution in [1.82, 2.24) is 40.4 Å². The maximum absolute atomic E-state index is 13.9. The van der Waals surface area contributed by atoms with Gasteiger partial charge in [0.05, 0.1) is 62.6 Å². The molecule has 4 amide bonds. The summed E-state index contributed by atoms with van der Waals surface area (Å²) < 4.78 is 9.56. The van der Waals surface area contributed by atoms with Crippen molar-refractivity contribution >= 4 is 34.8 Å². The van der Waals surface area contributed by atoms with Gasteiger partial charge in [-0.2, -0.15) is 5.26 Å². The zero-order valence-corrected chi connectivity index (χ0v) is 36.6. The second kappa shape index (κ2) is 18.6. The first kappa shape index (κ1) is 44.1. The average molecular weight is 854 g/mol. The molecule has 0 bridgehead atoms. The summed E-state index contributed by atoms with van der Waals surface area (Å²) in [4.78, 5) is 71.4. The number of carbonyl (C=O) groups is 4. The smallest absolute Gasteiger partial charge is 0.407 e. The molecule has 1 saturated heterocycles. The third-order valence-electron chi connectivity index (χ3n) is 12.3. The number of likely N-dealkylation sites (tertiary alicyclic amines) is 1. The van der Waals surface area contributed by atoms with Crippen LogP contribution in [0.5, 0.6) is 0 Å². The highest BCUT2D eigenvalue weighted by molar-refractivity contribution is 5.91. The number of aromatic amines is 2. The number of methoxy groups -OCH3 is 2. The van der Waals surface area contributed by atoms with Crippen molar-refractivity contribution < 1.29 is 28.7 Å². The number of nitrogens with zero attached hydrogens (tertiary/aromatic N) is 5. The predicted octanol–water partition coefficient (Wildman–Crippen LogP) is 7.76. The number of nitriles is 1. The van der Waals surface area contributed by atoms with Gasteiger partial charge in [0.2, 0.25) is 11.8 Å². The highest BCUT2D eigenvalue weighted by atomic mass is 16.5. The molecule has 1 saturated carbocycles. The Labute approximate surface area is 367 Å². The second-order valence-electron chi connectivity index (χ2n) is 17.4. The standard InChI is InChI=1S/C48H55N9O6/c1-8-30(22-49)25-56(44(58)41(28(2)3)54-46(60)62-6)26-40-50-23-37(52-40)32-11-9-31(10-12-32)33-13-14-35-20-36(16-15-34(35)19-33)38-24-51-43(53-38)39-21-48(17-18-48)27-57(39)45(59)42(29(4)5)55-47(61)63-7/h8-16,19-20,23-24,28-30,39,41-42H,1,17-18,21,25-27H2,2-7H3,(H,50,52)(H,51,53)(H,54,60)(H,55,61)/t30-,39+,41+,42+/m1/s1. The fourth-order valence-electron chi connectivity index (χ4n) is 8.34. The summed E-state index contributed by atoms with van der Waals surface area (Å²) in [6.45, 7) is 12.0. The quantitative estimate of drug-likeness (QED) is 0.0761. The summed E-state index contributed by atoms with van der Waals surface area (Å²) in [6, 6.07) is 21.2. The SMILES string of the molecule is C=C[C@H](C#N)CN(Cc1ncc(-c2ccc(-c3ccc4cc(-c5cnc([C@@H]6CC7(CC7)CN6C(=O)[C@@H](NC(=O)OC)C(C)C)[nH]5)ccc4c3)cc2)[nH]1)C(=O)[C@@H](NC(=O)OC)C(C)C. The van der Waals surface area contributed by atoms with Crippen LogP contribution in [-0.4, -0.2) is 93.1 Å². The molecule has 1 spiro atoms. The van der Waals surface area contributed by atoms with Gasteiger partial charge in [-0.3, -0.25) is 9.59 Å². The summed E-state index contributed by atoms with van der Waals surface area (Å²) in [6.07, 6.45) is 6.68. The van der Waals surface area contributed by atoms with Crippen LogP contribution in [0.15, 0.2) is 85.7 Å². The predicted molar refractivity (Wildman–Crippen MR) is 238 cm³/mol. The molecule has 1 aliphatic carbocycles. The van der Waals surface area contributed by atoms with Gasteiger partial charge >= 0.3 is 12.2 Å². The van der Waals surface area contributed by atoms with Crippen molar-refractivity contribution in [3.05, 3.63) is 97.4 Å². The Morgan fingerprint density at radius 3 is 2.03 bits per heavy atom. The molecule has 4 N–H and O–H groups in total. The van der Waals surface area contributed by atoms with Gasteiger partial charge in [-0.1, -0.05) is 82.3 Å². The highest BCUT2D eigenvalue weighted by Gasteiger charge is 2.55. The summed E-state index contributed by atoms with van der Waals surface area (Å²) in [5, 5.41) is 17.1. The molecule has 2 aliphatic rings. The Hall–Kier alpha value is -6.95. The molecule has 4 atom stereocenters. The van der Waals surface area contributed by atoms with Gasteiger partial charge < -0.3 is 39.9 Å². The number of rotatable bonds is 15. The van der Waals surface area contributed by atoms with E-state index in [1.807, 2.05) is 50.9 Å². The van der Waals surface area contributed by atoms with E-state index in [0.717, 1.165) is 69.5 Å². The largest absolute Gasteiger partial charge is 0.453 e. The normalized spacial score (nSPS) is 16.6. The number of imidazole rings is 2. The van der Waals surface area contributed by atoms with Crippen molar-refractivity contribution in [2.75, 3.05) is 27.3 Å². The molecule has 7 rings (SSSR count). The minimum Gasteiger partial charge on any atom is -0.453 e. The lowest BCUT2D eigenvalue weighted by atomic mass is 9.98. The van der Waals surface area contributed by atoms with E-state index >= 15 is 0 Å². The third-order valence-corrected chi connectivity index (χ3v) is 12.3. The molecule has 2 fully saturated rings. The van der Waals surface area contributed by atoms with Gasteiger partial charge in [-0.15, -0.1) is 6.58 Å². The number of hydrogen-bond acceptors (Lipinski definition) is 9. The molecule has 15 nitrogen and oxygen atoms in total. The summed E-state index contributed by atoms with van der Waals surface area (Å²) in [5.41, 5.74) is 5.72. The average Bonchev–Trinajstić information content (AvgIpc) is 3.60. The maximum atomic E-state index is 13.9. The van der Waals surface area contributed by atoms with Crippen LogP contribution in [0.2, 0.25) is 0 Å². The van der Waals surface area contributed by atoms with E-state index in [1.54, 1.807) is 6.20 Å². The number of amides is 4. The van der Waals surface area contributed by atoms with Gasteiger partial charge in [0, 0.05) is 18.7 Å². The van der Waals surface area contributed by atoms with E-state index < -0.39 is 30.2 Å². The molecule has 2 aromatic heterocycles. The molecule has 328 valence electrons. The summed E-state index contributed by atoms with van der Waals surface area (Å²) >= 11 is 0. The van der Waals surface area contributed by atoms with Crippen LogP contribution in [0.3, 0.4) is 0 Å². The number of alkyl carbamates (subject to hydrolysis) is 2. The first-order chi connectivity index (χ1) is 30.2. The Kier molecular flexibility index (Phi) is 13.0. The van der Waals surface area contributed by atoms with Crippen molar-refractivity contribution in [3.63, 3.8) is 0 Å². The zero-order chi connectivity index (χ0) is 45.0.